The smallest absolute Gasteiger partial charge is 0.263 e. The van der Waals surface area contributed by atoms with Crippen LogP contribution in [0.3, 0.4) is 0 Å². The molecule has 0 atom stereocenters. The molecular formula is C8H10F3N3. The Labute approximate surface area is 78.7 Å². The lowest BCUT2D eigenvalue weighted by Crippen LogP contribution is -2.09. The standard InChI is InChI=1S/C8H10F3N3/c9-8(10,11)4-3-6-12-7(14-13-6)5-1-2-5/h5H,1-4H2,(H,12,13,14). The normalized spacial score (nSPS) is 17.4. The summed E-state index contributed by atoms with van der Waals surface area (Å²) in [5, 5.41) is 6.41. The largest absolute Gasteiger partial charge is 0.389 e. The van der Waals surface area contributed by atoms with Crippen LogP contribution >= 0.6 is 0 Å². The van der Waals surface area contributed by atoms with E-state index in [1.54, 1.807) is 0 Å². The average molecular weight is 205 g/mol. The maximum atomic E-state index is 11.9. The highest BCUT2D eigenvalue weighted by molar-refractivity contribution is 5.04. The number of nitrogens with zero attached hydrogens (tertiary/aromatic N) is 2. The van der Waals surface area contributed by atoms with Crippen molar-refractivity contribution in [2.24, 2.45) is 0 Å². The molecule has 0 unspecified atom stereocenters. The minimum absolute atomic E-state index is 0.108. The number of aromatic amines is 1. The molecule has 1 aromatic rings. The first-order valence-electron chi connectivity index (χ1n) is 4.52. The number of hydrogen-bond donors (Lipinski definition) is 1. The van der Waals surface area contributed by atoms with Crippen LogP contribution in [0.1, 0.15) is 36.8 Å². The van der Waals surface area contributed by atoms with Gasteiger partial charge in [-0.1, -0.05) is 0 Å². The van der Waals surface area contributed by atoms with E-state index < -0.39 is 12.6 Å². The highest BCUT2D eigenvalue weighted by Gasteiger charge is 2.29. The molecule has 3 nitrogen and oxygen atoms in total. The Balaban J connectivity index is 1.90. The molecule has 1 aliphatic rings. The fourth-order valence-electron chi connectivity index (χ4n) is 1.21. The van der Waals surface area contributed by atoms with Crippen molar-refractivity contribution in [2.75, 3.05) is 0 Å². The quantitative estimate of drug-likeness (QED) is 0.821. The van der Waals surface area contributed by atoms with Gasteiger partial charge in [0.15, 0.2) is 5.82 Å². The first-order valence-corrected chi connectivity index (χ1v) is 4.52. The molecule has 0 saturated heterocycles. The van der Waals surface area contributed by atoms with Gasteiger partial charge in [0.2, 0.25) is 0 Å². The van der Waals surface area contributed by atoms with E-state index in [2.05, 4.69) is 15.2 Å². The van der Waals surface area contributed by atoms with E-state index in [1.165, 1.54) is 0 Å². The Hall–Kier alpha value is -1.07. The summed E-state index contributed by atoms with van der Waals surface area (Å²) in [6.07, 6.45) is -2.96. The lowest BCUT2D eigenvalue weighted by Gasteiger charge is -2.02. The monoisotopic (exact) mass is 205 g/mol. The van der Waals surface area contributed by atoms with Crippen LogP contribution in [-0.2, 0) is 6.42 Å². The van der Waals surface area contributed by atoms with E-state index in [4.69, 9.17) is 0 Å². The summed E-state index contributed by atoms with van der Waals surface area (Å²) in [5.74, 6) is 1.39. The first-order chi connectivity index (χ1) is 6.54. The molecule has 1 aromatic heterocycles. The van der Waals surface area contributed by atoms with Gasteiger partial charge in [-0.05, 0) is 12.8 Å². The van der Waals surface area contributed by atoms with Crippen molar-refractivity contribution in [3.8, 4) is 0 Å². The van der Waals surface area contributed by atoms with Gasteiger partial charge in [-0.25, -0.2) is 4.98 Å². The number of alkyl halides is 3. The van der Waals surface area contributed by atoms with E-state index in [1.807, 2.05) is 0 Å². The van der Waals surface area contributed by atoms with Gasteiger partial charge in [0.25, 0.3) is 0 Å². The maximum absolute atomic E-state index is 11.9. The molecule has 0 spiro atoms. The summed E-state index contributed by atoms with van der Waals surface area (Å²) < 4.78 is 35.6. The van der Waals surface area contributed by atoms with Gasteiger partial charge in [0, 0.05) is 12.3 Å². The molecule has 6 heteroatoms. The number of nitrogens with one attached hydrogen (secondary N) is 1. The number of aryl methyl sites for hydroxylation is 1. The molecule has 1 heterocycles. The molecule has 0 aromatic carbocycles. The van der Waals surface area contributed by atoms with Crippen LogP contribution in [-0.4, -0.2) is 21.4 Å². The summed E-state index contributed by atoms with van der Waals surface area (Å²) in [6.45, 7) is 0. The molecule has 0 aliphatic heterocycles. The number of halogens is 3. The fraction of sp³-hybridized carbons (Fsp3) is 0.750. The molecule has 1 saturated carbocycles. The maximum Gasteiger partial charge on any atom is 0.389 e. The van der Waals surface area contributed by atoms with Crippen molar-refractivity contribution in [3.05, 3.63) is 11.6 Å². The van der Waals surface area contributed by atoms with Gasteiger partial charge in [0.05, 0.1) is 6.42 Å². The Morgan fingerprint density at radius 3 is 2.64 bits per heavy atom. The van der Waals surface area contributed by atoms with Crippen molar-refractivity contribution in [1.82, 2.24) is 15.2 Å². The van der Waals surface area contributed by atoms with Crippen LogP contribution < -0.4 is 0 Å². The first kappa shape index (κ1) is 9.48. The molecule has 14 heavy (non-hydrogen) atoms. The van der Waals surface area contributed by atoms with Gasteiger partial charge in [-0.3, -0.25) is 5.10 Å². The molecule has 2 rings (SSSR count). The lowest BCUT2D eigenvalue weighted by atomic mass is 10.3. The predicted octanol–water partition coefficient (Wildman–Crippen LogP) is 2.18. The lowest BCUT2D eigenvalue weighted by molar-refractivity contribution is -0.134. The highest BCUT2D eigenvalue weighted by Crippen LogP contribution is 2.37. The molecule has 0 radical (unpaired) electrons. The van der Waals surface area contributed by atoms with Crippen LogP contribution in [0.4, 0.5) is 13.2 Å². The van der Waals surface area contributed by atoms with Crippen molar-refractivity contribution in [3.63, 3.8) is 0 Å². The van der Waals surface area contributed by atoms with Gasteiger partial charge < -0.3 is 0 Å². The van der Waals surface area contributed by atoms with Crippen molar-refractivity contribution >= 4 is 0 Å². The Morgan fingerprint density at radius 1 is 1.36 bits per heavy atom. The van der Waals surface area contributed by atoms with Crippen molar-refractivity contribution in [2.45, 2.75) is 37.8 Å². The van der Waals surface area contributed by atoms with E-state index in [-0.39, 0.29) is 6.42 Å². The third kappa shape index (κ3) is 2.46. The van der Waals surface area contributed by atoms with Gasteiger partial charge in [-0.2, -0.15) is 18.3 Å². The summed E-state index contributed by atoms with van der Waals surface area (Å²) in [6, 6.07) is 0. The SMILES string of the molecule is FC(F)(F)CCc1nc(C2CC2)n[nH]1. The van der Waals surface area contributed by atoms with Gasteiger partial charge in [0.1, 0.15) is 5.82 Å². The zero-order chi connectivity index (χ0) is 10.2. The second-order valence-corrected chi connectivity index (χ2v) is 3.53. The van der Waals surface area contributed by atoms with Crippen molar-refractivity contribution < 1.29 is 13.2 Å². The van der Waals surface area contributed by atoms with Crippen LogP contribution in [0.2, 0.25) is 0 Å². The summed E-state index contributed by atoms with van der Waals surface area (Å²) >= 11 is 0. The third-order valence-electron chi connectivity index (χ3n) is 2.14. The van der Waals surface area contributed by atoms with Crippen LogP contribution in [0.5, 0.6) is 0 Å². The summed E-state index contributed by atoms with van der Waals surface area (Å²) in [4.78, 5) is 4.01. The van der Waals surface area contributed by atoms with Gasteiger partial charge >= 0.3 is 6.18 Å². The van der Waals surface area contributed by atoms with Crippen LogP contribution in [0, 0.1) is 0 Å². The van der Waals surface area contributed by atoms with E-state index in [0.29, 0.717) is 17.6 Å². The Kier molecular flexibility index (Phi) is 2.20. The number of aromatic nitrogens is 3. The minimum atomic E-state index is -4.12. The van der Waals surface area contributed by atoms with E-state index in [0.717, 1.165) is 12.8 Å². The Bertz CT molecular complexity index is 314. The second-order valence-electron chi connectivity index (χ2n) is 3.53. The molecule has 78 valence electrons. The number of H-pyrrole nitrogens is 1. The topological polar surface area (TPSA) is 41.6 Å². The fourth-order valence-corrected chi connectivity index (χ4v) is 1.21. The molecule has 0 amide bonds. The molecule has 1 fully saturated rings. The van der Waals surface area contributed by atoms with Crippen LogP contribution in [0.15, 0.2) is 0 Å². The summed E-state index contributed by atoms with van der Waals surface area (Å²) in [7, 11) is 0. The zero-order valence-corrected chi connectivity index (χ0v) is 7.43. The van der Waals surface area contributed by atoms with E-state index >= 15 is 0 Å². The predicted molar refractivity (Wildman–Crippen MR) is 42.7 cm³/mol. The minimum Gasteiger partial charge on any atom is -0.263 e. The van der Waals surface area contributed by atoms with Gasteiger partial charge in [-0.15, -0.1) is 0 Å². The average Bonchev–Trinajstić information content (AvgIpc) is 2.81. The van der Waals surface area contributed by atoms with E-state index in [9.17, 15) is 13.2 Å². The summed E-state index contributed by atoms with van der Waals surface area (Å²) in [5.41, 5.74) is 0. The highest BCUT2D eigenvalue weighted by atomic mass is 19.4. The molecule has 1 N–H and O–H groups in total. The number of hydrogen-bond acceptors (Lipinski definition) is 2. The number of rotatable bonds is 3. The molecular weight excluding hydrogens is 195 g/mol. The molecule has 1 aliphatic carbocycles. The van der Waals surface area contributed by atoms with Crippen LogP contribution in [0.25, 0.3) is 0 Å². The van der Waals surface area contributed by atoms with Crippen molar-refractivity contribution in [1.29, 1.82) is 0 Å². The zero-order valence-electron chi connectivity index (χ0n) is 7.43. The Morgan fingerprint density at radius 2 is 2.07 bits per heavy atom. The molecule has 0 bridgehead atoms. The second kappa shape index (κ2) is 3.25. The third-order valence-corrected chi connectivity index (χ3v) is 2.14.